The number of halogens is 1. The van der Waals surface area contributed by atoms with Crippen LogP contribution in [0.2, 0.25) is 5.02 Å². The molecular weight excluding hydrogens is 316 g/mol. The van der Waals surface area contributed by atoms with Gasteiger partial charge < -0.3 is 14.6 Å². The third-order valence-electron chi connectivity index (χ3n) is 4.02. The number of nitrogens with zero attached hydrogens (tertiary/aromatic N) is 3. The smallest absolute Gasteiger partial charge is 0.267 e. The maximum Gasteiger partial charge on any atom is 0.267 e. The zero-order valence-corrected chi connectivity index (χ0v) is 14.1. The molecule has 2 aromatic rings. The second kappa shape index (κ2) is 7.29. The van der Waals surface area contributed by atoms with Gasteiger partial charge in [-0.05, 0) is 25.6 Å². The molecule has 1 aromatic heterocycles. The predicted molar refractivity (Wildman–Crippen MR) is 87.7 cm³/mol. The van der Waals surface area contributed by atoms with E-state index in [1.807, 2.05) is 25.1 Å². The van der Waals surface area contributed by atoms with Crippen LogP contribution in [0.5, 0.6) is 5.75 Å². The lowest BCUT2D eigenvalue weighted by Crippen LogP contribution is -2.44. The van der Waals surface area contributed by atoms with Crippen LogP contribution in [0.1, 0.15) is 37.2 Å². The minimum absolute atomic E-state index is 0.124. The molecule has 2 atom stereocenters. The van der Waals surface area contributed by atoms with Crippen LogP contribution >= 0.6 is 11.6 Å². The molecular formula is C16H21ClN4O2. The SMILES string of the molecule is CCC(Oc1ccccc1Cl)c1nc(C2CNCCN2C)no1. The fourth-order valence-corrected chi connectivity index (χ4v) is 2.79. The van der Waals surface area contributed by atoms with Crippen molar-refractivity contribution in [1.82, 2.24) is 20.4 Å². The van der Waals surface area contributed by atoms with E-state index in [0.717, 1.165) is 19.6 Å². The van der Waals surface area contributed by atoms with Crippen LogP contribution in [0.4, 0.5) is 0 Å². The summed E-state index contributed by atoms with van der Waals surface area (Å²) in [6, 6.07) is 7.51. The van der Waals surface area contributed by atoms with E-state index in [2.05, 4.69) is 27.4 Å². The van der Waals surface area contributed by atoms with Crippen molar-refractivity contribution in [2.75, 3.05) is 26.7 Å². The van der Waals surface area contributed by atoms with E-state index in [4.69, 9.17) is 20.9 Å². The molecule has 1 saturated heterocycles. The summed E-state index contributed by atoms with van der Waals surface area (Å²) >= 11 is 6.15. The highest BCUT2D eigenvalue weighted by atomic mass is 35.5. The molecule has 0 bridgehead atoms. The summed E-state index contributed by atoms with van der Waals surface area (Å²) in [4.78, 5) is 6.78. The van der Waals surface area contributed by atoms with Crippen molar-refractivity contribution < 1.29 is 9.26 Å². The fraction of sp³-hybridized carbons (Fsp3) is 0.500. The monoisotopic (exact) mass is 336 g/mol. The summed E-state index contributed by atoms with van der Waals surface area (Å²) in [6.07, 6.45) is 0.406. The first-order chi connectivity index (χ1) is 11.2. The number of para-hydroxylation sites is 1. The third-order valence-corrected chi connectivity index (χ3v) is 4.33. The molecule has 124 valence electrons. The van der Waals surface area contributed by atoms with E-state index in [9.17, 15) is 0 Å². The number of hydrogen-bond donors (Lipinski definition) is 1. The van der Waals surface area contributed by atoms with Gasteiger partial charge >= 0.3 is 0 Å². The molecule has 1 N–H and O–H groups in total. The van der Waals surface area contributed by atoms with E-state index in [1.54, 1.807) is 6.07 Å². The number of aromatic nitrogens is 2. The van der Waals surface area contributed by atoms with E-state index in [-0.39, 0.29) is 12.1 Å². The molecule has 2 unspecified atom stereocenters. The second-order valence-electron chi connectivity index (χ2n) is 5.64. The van der Waals surface area contributed by atoms with E-state index < -0.39 is 0 Å². The quantitative estimate of drug-likeness (QED) is 0.905. The zero-order valence-electron chi connectivity index (χ0n) is 13.3. The number of piperazine rings is 1. The Bertz CT molecular complexity index is 649. The first kappa shape index (κ1) is 16.2. The van der Waals surface area contributed by atoms with E-state index >= 15 is 0 Å². The van der Waals surface area contributed by atoms with E-state index in [0.29, 0.717) is 28.9 Å². The molecule has 1 fully saturated rings. The van der Waals surface area contributed by atoms with Crippen LogP contribution in [0, 0.1) is 0 Å². The Labute approximate surface area is 140 Å². The van der Waals surface area contributed by atoms with Gasteiger partial charge in [0.25, 0.3) is 5.89 Å². The Kier molecular flexibility index (Phi) is 5.15. The largest absolute Gasteiger partial charge is 0.479 e. The van der Waals surface area contributed by atoms with Crippen LogP contribution in [0.3, 0.4) is 0 Å². The summed E-state index contributed by atoms with van der Waals surface area (Å²) in [7, 11) is 2.07. The molecule has 1 aliphatic rings. The van der Waals surface area contributed by atoms with Crippen molar-refractivity contribution >= 4 is 11.6 Å². The summed E-state index contributed by atoms with van der Waals surface area (Å²) in [6.45, 7) is 4.77. The second-order valence-corrected chi connectivity index (χ2v) is 6.04. The Morgan fingerprint density at radius 1 is 1.48 bits per heavy atom. The van der Waals surface area contributed by atoms with Gasteiger partial charge in [-0.1, -0.05) is 35.8 Å². The van der Waals surface area contributed by atoms with Gasteiger partial charge in [-0.3, -0.25) is 4.90 Å². The Balaban J connectivity index is 1.76. The van der Waals surface area contributed by atoms with Crippen LogP contribution < -0.4 is 10.1 Å². The first-order valence-corrected chi connectivity index (χ1v) is 8.22. The first-order valence-electron chi connectivity index (χ1n) is 7.84. The molecule has 0 amide bonds. The van der Waals surface area contributed by atoms with Gasteiger partial charge in [-0.15, -0.1) is 0 Å². The van der Waals surface area contributed by atoms with Gasteiger partial charge in [0.1, 0.15) is 5.75 Å². The normalized spacial score (nSPS) is 20.4. The summed E-state index contributed by atoms with van der Waals surface area (Å²) in [5.41, 5.74) is 0. The molecule has 23 heavy (non-hydrogen) atoms. The number of likely N-dealkylation sites (N-methyl/N-ethyl adjacent to an activating group) is 1. The molecule has 6 nitrogen and oxygen atoms in total. The molecule has 0 aliphatic carbocycles. The molecule has 0 radical (unpaired) electrons. The van der Waals surface area contributed by atoms with Gasteiger partial charge in [0, 0.05) is 19.6 Å². The van der Waals surface area contributed by atoms with Crippen LogP contribution in [-0.2, 0) is 0 Å². The molecule has 1 aromatic carbocycles. The maximum atomic E-state index is 6.15. The van der Waals surface area contributed by atoms with Gasteiger partial charge in [0.2, 0.25) is 0 Å². The minimum Gasteiger partial charge on any atom is -0.479 e. The van der Waals surface area contributed by atoms with Crippen LogP contribution in [0.15, 0.2) is 28.8 Å². The Hall–Kier alpha value is -1.63. The number of nitrogens with one attached hydrogen (secondary N) is 1. The van der Waals surface area contributed by atoms with Crippen molar-refractivity contribution in [3.63, 3.8) is 0 Å². The molecule has 2 heterocycles. The lowest BCUT2D eigenvalue weighted by Gasteiger charge is -2.30. The van der Waals surface area contributed by atoms with Crippen molar-refractivity contribution in [3.05, 3.63) is 41.0 Å². The summed E-state index contributed by atoms with van der Waals surface area (Å²) < 4.78 is 11.4. The molecule has 0 spiro atoms. The highest BCUT2D eigenvalue weighted by Crippen LogP contribution is 2.30. The highest BCUT2D eigenvalue weighted by molar-refractivity contribution is 6.32. The van der Waals surface area contributed by atoms with Crippen LogP contribution in [0.25, 0.3) is 0 Å². The van der Waals surface area contributed by atoms with Gasteiger partial charge in [-0.25, -0.2) is 0 Å². The number of ether oxygens (including phenoxy) is 1. The van der Waals surface area contributed by atoms with Crippen molar-refractivity contribution in [2.24, 2.45) is 0 Å². The zero-order chi connectivity index (χ0) is 16.2. The summed E-state index contributed by atoms with van der Waals surface area (Å²) in [5.74, 6) is 1.80. The molecule has 1 aliphatic heterocycles. The molecule has 7 heteroatoms. The Morgan fingerprint density at radius 3 is 3.04 bits per heavy atom. The highest BCUT2D eigenvalue weighted by Gasteiger charge is 2.27. The average Bonchev–Trinajstić information content (AvgIpc) is 3.04. The van der Waals surface area contributed by atoms with Crippen molar-refractivity contribution in [2.45, 2.75) is 25.5 Å². The average molecular weight is 337 g/mol. The van der Waals surface area contributed by atoms with Gasteiger partial charge in [0.15, 0.2) is 11.9 Å². The predicted octanol–water partition coefficient (Wildman–Crippen LogP) is 2.83. The Morgan fingerprint density at radius 2 is 2.30 bits per heavy atom. The van der Waals surface area contributed by atoms with Crippen molar-refractivity contribution in [3.8, 4) is 5.75 Å². The lowest BCUT2D eigenvalue weighted by molar-refractivity contribution is 0.153. The number of benzene rings is 1. The van der Waals surface area contributed by atoms with Crippen LogP contribution in [-0.4, -0.2) is 41.7 Å². The minimum atomic E-state index is -0.307. The van der Waals surface area contributed by atoms with Gasteiger partial charge in [-0.2, -0.15) is 4.98 Å². The summed E-state index contributed by atoms with van der Waals surface area (Å²) in [5, 5.41) is 8.07. The standard InChI is InChI=1S/C16H21ClN4O2/c1-3-13(22-14-7-5-4-6-11(14)17)16-19-15(20-23-16)12-10-18-8-9-21(12)2/h4-7,12-13,18H,3,8-10H2,1-2H3. The van der Waals surface area contributed by atoms with Crippen molar-refractivity contribution in [1.29, 1.82) is 0 Å². The van der Waals surface area contributed by atoms with Gasteiger partial charge in [0.05, 0.1) is 11.1 Å². The number of hydrogen-bond acceptors (Lipinski definition) is 6. The third kappa shape index (κ3) is 3.65. The lowest BCUT2D eigenvalue weighted by atomic mass is 10.2. The maximum absolute atomic E-state index is 6.15. The molecule has 0 saturated carbocycles. The number of rotatable bonds is 5. The fourth-order valence-electron chi connectivity index (χ4n) is 2.61. The molecule has 3 rings (SSSR count). The van der Waals surface area contributed by atoms with E-state index in [1.165, 1.54) is 0 Å². The topological polar surface area (TPSA) is 63.4 Å².